The molecule has 0 spiro atoms. The maximum atomic E-state index is 10.7. The molecular formula is C11H12BrNO3. The zero-order valence-corrected chi connectivity index (χ0v) is 10.4. The van der Waals surface area contributed by atoms with E-state index in [0.29, 0.717) is 13.0 Å². The fraction of sp³-hybridized carbons (Fsp3) is 0.273. The first-order chi connectivity index (χ1) is 7.67. The molecule has 0 aliphatic heterocycles. The molecule has 1 aromatic carbocycles. The van der Waals surface area contributed by atoms with E-state index in [1.165, 1.54) is 0 Å². The van der Waals surface area contributed by atoms with Gasteiger partial charge in [-0.25, -0.2) is 0 Å². The molecule has 1 N–H and O–H groups in total. The topological polar surface area (TPSA) is 55.4 Å². The lowest BCUT2D eigenvalue weighted by Gasteiger charge is -2.06. The Balaban J connectivity index is 2.52. The van der Waals surface area contributed by atoms with Gasteiger partial charge < -0.3 is 10.1 Å². The summed E-state index contributed by atoms with van der Waals surface area (Å²) in [7, 11) is 1.60. The molecule has 0 heterocycles. The van der Waals surface area contributed by atoms with Crippen molar-refractivity contribution < 1.29 is 14.3 Å². The summed E-state index contributed by atoms with van der Waals surface area (Å²) in [5.74, 6) is 0.174. The van der Waals surface area contributed by atoms with Crippen LogP contribution in [0.4, 0.5) is 0 Å². The first-order valence-corrected chi connectivity index (χ1v) is 5.52. The van der Waals surface area contributed by atoms with Crippen molar-refractivity contribution >= 4 is 28.1 Å². The van der Waals surface area contributed by atoms with Gasteiger partial charge in [-0.1, -0.05) is 6.07 Å². The number of carbonyl (C=O) groups excluding carboxylic acids is 2. The molecule has 4 nitrogen and oxygen atoms in total. The molecule has 16 heavy (non-hydrogen) atoms. The molecule has 5 heteroatoms. The fourth-order valence-electron chi connectivity index (χ4n) is 1.24. The lowest BCUT2D eigenvalue weighted by molar-refractivity contribution is -0.131. The van der Waals surface area contributed by atoms with Crippen LogP contribution in [0.25, 0.3) is 0 Å². The van der Waals surface area contributed by atoms with Crippen molar-refractivity contribution in [3.63, 3.8) is 0 Å². The molecule has 0 fully saturated rings. The first kappa shape index (κ1) is 12.7. The summed E-state index contributed by atoms with van der Waals surface area (Å²) < 4.78 is 5.97. The number of benzene rings is 1. The van der Waals surface area contributed by atoms with Crippen LogP contribution in [0.2, 0.25) is 0 Å². The van der Waals surface area contributed by atoms with Gasteiger partial charge in [0.05, 0.1) is 11.6 Å². The van der Waals surface area contributed by atoms with Gasteiger partial charge in [-0.3, -0.25) is 9.59 Å². The molecular weight excluding hydrogens is 274 g/mol. The monoisotopic (exact) mass is 285 g/mol. The Kier molecular flexibility index (Phi) is 4.98. The summed E-state index contributed by atoms with van der Waals surface area (Å²) in [4.78, 5) is 20.7. The molecule has 86 valence electrons. The van der Waals surface area contributed by atoms with Gasteiger partial charge in [0.25, 0.3) is 5.91 Å². The second kappa shape index (κ2) is 6.27. The average molecular weight is 286 g/mol. The highest BCUT2D eigenvalue weighted by atomic mass is 79.9. The van der Waals surface area contributed by atoms with Gasteiger partial charge in [0, 0.05) is 6.54 Å². The molecule has 0 radical (unpaired) electrons. The van der Waals surface area contributed by atoms with Gasteiger partial charge in [-0.05, 0) is 40.0 Å². The molecule has 0 unspecified atom stereocenters. The lowest BCUT2D eigenvalue weighted by Crippen LogP contribution is -2.26. The number of halogens is 1. The fourth-order valence-corrected chi connectivity index (χ4v) is 1.83. The van der Waals surface area contributed by atoms with E-state index < -0.39 is 5.91 Å². The van der Waals surface area contributed by atoms with E-state index >= 15 is 0 Å². The number of methoxy groups -OCH3 is 1. The number of hydrogen-bond donors (Lipinski definition) is 1. The smallest absolute Gasteiger partial charge is 0.284 e. The van der Waals surface area contributed by atoms with Crippen LogP contribution in [0.1, 0.15) is 5.56 Å². The van der Waals surface area contributed by atoms with Crippen LogP contribution in [0, 0.1) is 0 Å². The van der Waals surface area contributed by atoms with E-state index in [-0.39, 0.29) is 6.29 Å². The van der Waals surface area contributed by atoms with Crippen molar-refractivity contribution in [3.05, 3.63) is 28.2 Å². The Morgan fingerprint density at radius 3 is 2.88 bits per heavy atom. The molecule has 0 aliphatic rings. The van der Waals surface area contributed by atoms with Crippen molar-refractivity contribution in [3.8, 4) is 5.75 Å². The molecule has 1 rings (SSSR count). The summed E-state index contributed by atoms with van der Waals surface area (Å²) in [5.41, 5.74) is 1.05. The Hall–Kier alpha value is -1.36. The van der Waals surface area contributed by atoms with Crippen LogP contribution in [-0.4, -0.2) is 25.8 Å². The summed E-state index contributed by atoms with van der Waals surface area (Å²) in [6.45, 7) is 0.441. The minimum absolute atomic E-state index is 0.268. The van der Waals surface area contributed by atoms with Crippen molar-refractivity contribution in [2.24, 2.45) is 0 Å². The third-order valence-electron chi connectivity index (χ3n) is 2.04. The predicted octanol–water partition coefficient (Wildman–Crippen LogP) is 1.32. The van der Waals surface area contributed by atoms with Crippen LogP contribution in [0.5, 0.6) is 5.75 Å². The van der Waals surface area contributed by atoms with E-state index in [4.69, 9.17) is 4.74 Å². The van der Waals surface area contributed by atoms with Crippen molar-refractivity contribution in [1.82, 2.24) is 5.32 Å². The van der Waals surface area contributed by atoms with E-state index in [2.05, 4.69) is 21.2 Å². The van der Waals surface area contributed by atoms with Crippen molar-refractivity contribution in [1.29, 1.82) is 0 Å². The van der Waals surface area contributed by atoms with Crippen molar-refractivity contribution in [2.45, 2.75) is 6.42 Å². The molecule has 0 atom stereocenters. The number of hydrogen-bond acceptors (Lipinski definition) is 3. The number of rotatable bonds is 5. The highest BCUT2D eigenvalue weighted by Gasteiger charge is 2.02. The van der Waals surface area contributed by atoms with Crippen LogP contribution in [-0.2, 0) is 16.0 Å². The van der Waals surface area contributed by atoms with Gasteiger partial charge >= 0.3 is 0 Å². The quantitative estimate of drug-likeness (QED) is 0.656. The van der Waals surface area contributed by atoms with Gasteiger partial charge in [-0.2, -0.15) is 0 Å². The largest absolute Gasteiger partial charge is 0.496 e. The molecule has 1 aromatic rings. The normalized spacial score (nSPS) is 9.62. The van der Waals surface area contributed by atoms with E-state index in [1.54, 1.807) is 7.11 Å². The number of ether oxygens (including phenoxy) is 1. The number of amides is 1. The number of aldehydes is 1. The minimum Gasteiger partial charge on any atom is -0.496 e. The molecule has 0 aromatic heterocycles. The Morgan fingerprint density at radius 1 is 1.56 bits per heavy atom. The first-order valence-electron chi connectivity index (χ1n) is 4.72. The van der Waals surface area contributed by atoms with E-state index in [1.807, 2.05) is 18.2 Å². The molecule has 0 aliphatic carbocycles. The van der Waals surface area contributed by atoms with Crippen LogP contribution in [0.15, 0.2) is 22.7 Å². The maximum Gasteiger partial charge on any atom is 0.284 e. The van der Waals surface area contributed by atoms with Crippen LogP contribution < -0.4 is 10.1 Å². The molecule has 1 amide bonds. The van der Waals surface area contributed by atoms with Crippen LogP contribution >= 0.6 is 15.9 Å². The molecule has 0 saturated heterocycles. The van der Waals surface area contributed by atoms with Gasteiger partial charge in [0.2, 0.25) is 6.29 Å². The maximum absolute atomic E-state index is 10.7. The number of nitrogens with one attached hydrogen (secondary N) is 1. The average Bonchev–Trinajstić information content (AvgIpc) is 2.29. The van der Waals surface area contributed by atoms with Crippen LogP contribution in [0.3, 0.4) is 0 Å². The highest BCUT2D eigenvalue weighted by molar-refractivity contribution is 9.10. The second-order valence-electron chi connectivity index (χ2n) is 3.13. The van der Waals surface area contributed by atoms with E-state index in [9.17, 15) is 9.59 Å². The SMILES string of the molecule is COc1ccc(CCNC(=O)C=O)cc1Br. The van der Waals surface area contributed by atoms with Gasteiger partial charge in [-0.15, -0.1) is 0 Å². The third-order valence-corrected chi connectivity index (χ3v) is 2.66. The zero-order valence-electron chi connectivity index (χ0n) is 8.83. The standard InChI is InChI=1S/C11H12BrNO3/c1-16-10-3-2-8(6-9(10)12)4-5-13-11(15)7-14/h2-3,6-7H,4-5H2,1H3,(H,13,15). The molecule has 0 bridgehead atoms. The lowest BCUT2D eigenvalue weighted by atomic mass is 10.1. The summed E-state index contributed by atoms with van der Waals surface area (Å²) >= 11 is 3.37. The van der Waals surface area contributed by atoms with Gasteiger partial charge in [0.1, 0.15) is 5.75 Å². The van der Waals surface area contributed by atoms with Crippen molar-refractivity contribution in [2.75, 3.05) is 13.7 Å². The Bertz CT molecular complexity index is 393. The van der Waals surface area contributed by atoms with E-state index in [0.717, 1.165) is 15.8 Å². The summed E-state index contributed by atoms with van der Waals surface area (Å²) in [6.07, 6.45) is 0.937. The molecule has 0 saturated carbocycles. The Morgan fingerprint density at radius 2 is 2.31 bits per heavy atom. The summed E-state index contributed by atoms with van der Waals surface area (Å²) in [5, 5.41) is 2.48. The second-order valence-corrected chi connectivity index (χ2v) is 3.98. The summed E-state index contributed by atoms with van der Waals surface area (Å²) in [6, 6.07) is 5.68. The minimum atomic E-state index is -0.590. The zero-order chi connectivity index (χ0) is 12.0. The Labute approximate surface area is 102 Å². The highest BCUT2D eigenvalue weighted by Crippen LogP contribution is 2.25. The third kappa shape index (κ3) is 3.66. The number of carbonyl (C=O) groups is 2. The van der Waals surface area contributed by atoms with Gasteiger partial charge in [0.15, 0.2) is 0 Å². The predicted molar refractivity (Wildman–Crippen MR) is 63.5 cm³/mol.